The van der Waals surface area contributed by atoms with E-state index in [-0.39, 0.29) is 16.0 Å². The van der Waals surface area contributed by atoms with Gasteiger partial charge in [0, 0.05) is 30.1 Å². The molecule has 1 aliphatic heterocycles. The summed E-state index contributed by atoms with van der Waals surface area (Å²) in [6, 6.07) is 7.34. The number of hydrogen-bond donors (Lipinski definition) is 2. The van der Waals surface area contributed by atoms with E-state index in [0.717, 1.165) is 5.56 Å². The van der Waals surface area contributed by atoms with E-state index >= 15 is 0 Å². The van der Waals surface area contributed by atoms with E-state index in [0.29, 0.717) is 30.8 Å². The van der Waals surface area contributed by atoms with Crippen LogP contribution in [0, 0.1) is 11.6 Å². The van der Waals surface area contributed by atoms with Crippen molar-refractivity contribution in [1.82, 2.24) is 5.32 Å². The first-order valence-corrected chi connectivity index (χ1v) is 8.48. The van der Waals surface area contributed by atoms with Crippen LogP contribution in [0.2, 0.25) is 10.0 Å². The lowest BCUT2D eigenvalue weighted by Gasteiger charge is -2.33. The molecule has 25 heavy (non-hydrogen) atoms. The molecule has 0 aliphatic carbocycles. The van der Waals surface area contributed by atoms with Crippen molar-refractivity contribution in [1.29, 1.82) is 0 Å². The highest BCUT2D eigenvalue weighted by Crippen LogP contribution is 2.45. The zero-order chi connectivity index (χ0) is 18.2. The Morgan fingerprint density at radius 1 is 1.20 bits per heavy atom. The number of halogens is 4. The largest absolute Gasteiger partial charge is 0.328 e. The second-order valence-corrected chi connectivity index (χ2v) is 7.16. The van der Waals surface area contributed by atoms with Crippen LogP contribution < -0.4 is 10.6 Å². The summed E-state index contributed by atoms with van der Waals surface area (Å²) in [5, 5.41) is 5.86. The van der Waals surface area contributed by atoms with Crippen LogP contribution in [0.15, 0.2) is 30.3 Å². The first kappa shape index (κ1) is 18.1. The van der Waals surface area contributed by atoms with Gasteiger partial charge in [-0.1, -0.05) is 36.2 Å². The van der Waals surface area contributed by atoms with E-state index in [9.17, 15) is 13.6 Å². The highest BCUT2D eigenvalue weighted by Gasteiger charge is 2.43. The van der Waals surface area contributed by atoms with Crippen LogP contribution in [0.4, 0.5) is 14.5 Å². The Morgan fingerprint density at radius 2 is 1.92 bits per heavy atom. The average molecular weight is 385 g/mol. The van der Waals surface area contributed by atoms with Crippen molar-refractivity contribution in [3.05, 3.63) is 63.1 Å². The van der Waals surface area contributed by atoms with Crippen LogP contribution in [0.3, 0.4) is 0 Å². The van der Waals surface area contributed by atoms with Crippen molar-refractivity contribution >= 4 is 35.3 Å². The zero-order valence-corrected chi connectivity index (χ0v) is 14.9. The number of rotatable bonds is 4. The van der Waals surface area contributed by atoms with Gasteiger partial charge in [0.05, 0.1) is 10.0 Å². The summed E-state index contributed by atoms with van der Waals surface area (Å²) in [5.74, 6) is -1.13. The van der Waals surface area contributed by atoms with Gasteiger partial charge >= 0.3 is 0 Å². The second-order valence-electron chi connectivity index (χ2n) is 6.35. The van der Waals surface area contributed by atoms with Gasteiger partial charge in [-0.15, -0.1) is 0 Å². The monoisotopic (exact) mass is 384 g/mol. The highest BCUT2D eigenvalue weighted by atomic mass is 35.5. The Morgan fingerprint density at radius 3 is 2.60 bits per heavy atom. The van der Waals surface area contributed by atoms with Crippen LogP contribution in [0.1, 0.15) is 24.0 Å². The molecular weight excluding hydrogens is 369 g/mol. The molecule has 2 aromatic carbocycles. The van der Waals surface area contributed by atoms with E-state index in [1.54, 1.807) is 12.1 Å². The van der Waals surface area contributed by atoms with Crippen molar-refractivity contribution < 1.29 is 13.6 Å². The van der Waals surface area contributed by atoms with Crippen LogP contribution in [-0.4, -0.2) is 19.5 Å². The Balaban J connectivity index is 2.12. The lowest BCUT2D eigenvalue weighted by molar-refractivity contribution is -0.105. The van der Waals surface area contributed by atoms with E-state index < -0.39 is 17.0 Å². The summed E-state index contributed by atoms with van der Waals surface area (Å²) in [6.45, 7) is 3.14. The van der Waals surface area contributed by atoms with Crippen molar-refractivity contribution in [2.45, 2.75) is 18.3 Å². The first-order chi connectivity index (χ1) is 11.9. The third-order valence-electron chi connectivity index (χ3n) is 4.85. The molecule has 2 aromatic rings. The number of hydrogen-bond acceptors (Lipinski definition) is 2. The van der Waals surface area contributed by atoms with Crippen LogP contribution in [0.25, 0.3) is 0 Å². The molecule has 0 spiro atoms. The summed E-state index contributed by atoms with van der Waals surface area (Å²) in [7, 11) is 0. The molecule has 1 saturated heterocycles. The molecule has 2 N–H and O–H groups in total. The van der Waals surface area contributed by atoms with Crippen molar-refractivity contribution in [2.75, 3.05) is 18.4 Å². The maximum Gasteiger partial charge on any atom is 0.211 e. The SMILES string of the molecule is CC1(c2cc(F)c(Cl)cc2NC=O)CNCC1c1ccc(F)c(Cl)c1. The van der Waals surface area contributed by atoms with E-state index in [2.05, 4.69) is 10.6 Å². The fourth-order valence-corrected chi connectivity index (χ4v) is 3.88. The topological polar surface area (TPSA) is 41.1 Å². The minimum Gasteiger partial charge on any atom is -0.328 e. The quantitative estimate of drug-likeness (QED) is 0.762. The predicted octanol–water partition coefficient (Wildman–Crippen LogP) is 4.48. The van der Waals surface area contributed by atoms with Gasteiger partial charge in [-0.2, -0.15) is 0 Å². The van der Waals surface area contributed by atoms with Gasteiger partial charge in [-0.25, -0.2) is 8.78 Å². The minimum atomic E-state index is -0.558. The number of carbonyl (C=O) groups excluding carboxylic acids is 1. The molecule has 1 heterocycles. The molecule has 0 aromatic heterocycles. The molecule has 3 nitrogen and oxygen atoms in total. The van der Waals surface area contributed by atoms with Gasteiger partial charge < -0.3 is 10.6 Å². The van der Waals surface area contributed by atoms with Crippen LogP contribution in [-0.2, 0) is 10.2 Å². The van der Waals surface area contributed by atoms with Crippen LogP contribution >= 0.6 is 23.2 Å². The van der Waals surface area contributed by atoms with Crippen LogP contribution in [0.5, 0.6) is 0 Å². The molecule has 0 bridgehead atoms. The van der Waals surface area contributed by atoms with Crippen molar-refractivity contribution in [2.24, 2.45) is 0 Å². The third-order valence-corrected chi connectivity index (χ3v) is 5.43. The van der Waals surface area contributed by atoms with E-state index in [4.69, 9.17) is 23.2 Å². The molecule has 1 aliphatic rings. The average Bonchev–Trinajstić information content (AvgIpc) is 2.96. The fraction of sp³-hybridized carbons (Fsp3) is 0.278. The standard InChI is InChI=1S/C18H16Cl2F2N2O/c1-18(11-5-16(22)14(20)6-17(11)24-9-25)8-23-7-12(18)10-2-3-15(21)13(19)4-10/h2-6,9,12,23H,7-8H2,1H3,(H,24,25). The summed E-state index contributed by atoms with van der Waals surface area (Å²) >= 11 is 11.8. The Hall–Kier alpha value is -1.69. The smallest absolute Gasteiger partial charge is 0.211 e. The molecule has 1 amide bonds. The fourth-order valence-electron chi connectivity index (χ4n) is 3.52. The number of carbonyl (C=O) groups is 1. The summed E-state index contributed by atoms with van der Waals surface area (Å²) in [6.07, 6.45) is 0.530. The van der Waals surface area contributed by atoms with Crippen molar-refractivity contribution in [3.8, 4) is 0 Å². The maximum atomic E-state index is 14.1. The van der Waals surface area contributed by atoms with Gasteiger partial charge in [0.1, 0.15) is 11.6 Å². The maximum absolute atomic E-state index is 14.1. The molecule has 0 radical (unpaired) electrons. The van der Waals surface area contributed by atoms with Gasteiger partial charge in [-0.05, 0) is 35.4 Å². The highest BCUT2D eigenvalue weighted by molar-refractivity contribution is 6.31. The van der Waals surface area contributed by atoms with Crippen molar-refractivity contribution in [3.63, 3.8) is 0 Å². The van der Waals surface area contributed by atoms with Gasteiger partial charge in [0.2, 0.25) is 6.41 Å². The third kappa shape index (κ3) is 3.24. The summed E-state index contributed by atoms with van der Waals surface area (Å²) in [5.41, 5.74) is 1.37. The number of anilines is 1. The first-order valence-electron chi connectivity index (χ1n) is 7.72. The molecule has 2 unspecified atom stereocenters. The zero-order valence-electron chi connectivity index (χ0n) is 13.4. The lowest BCUT2D eigenvalue weighted by Crippen LogP contribution is -2.31. The normalized spacial score (nSPS) is 22.8. The molecule has 2 atom stereocenters. The molecule has 1 fully saturated rings. The van der Waals surface area contributed by atoms with E-state index in [1.807, 2.05) is 6.92 Å². The Kier molecular flexibility index (Phi) is 5.00. The summed E-state index contributed by atoms with van der Waals surface area (Å²) in [4.78, 5) is 11.0. The second kappa shape index (κ2) is 6.90. The molecule has 3 rings (SSSR count). The van der Waals surface area contributed by atoms with Gasteiger partial charge in [0.15, 0.2) is 0 Å². The molecule has 132 valence electrons. The molecule has 7 heteroatoms. The summed E-state index contributed by atoms with van der Waals surface area (Å²) < 4.78 is 27.6. The van der Waals surface area contributed by atoms with Gasteiger partial charge in [-0.3, -0.25) is 4.79 Å². The minimum absolute atomic E-state index is 0.0419. The predicted molar refractivity (Wildman–Crippen MR) is 95.5 cm³/mol. The van der Waals surface area contributed by atoms with E-state index in [1.165, 1.54) is 18.2 Å². The molecular formula is C18H16Cl2F2N2O. The lowest BCUT2D eigenvalue weighted by atomic mass is 9.70. The van der Waals surface area contributed by atoms with Gasteiger partial charge in [0.25, 0.3) is 0 Å². The Labute approximate surface area is 154 Å². The number of amides is 1. The number of benzene rings is 2. The molecule has 0 saturated carbocycles. The number of nitrogens with one attached hydrogen (secondary N) is 2. The Bertz CT molecular complexity index is 831.